The number of methoxy groups -OCH3 is 2. The topological polar surface area (TPSA) is 78.3 Å². The standard InChI is InChI=1S/C23H25ClN4O3S2/c1-4-9-28-22(15-12-32-20-8-6-5-7-14(15)20)26-27-23(28)33-13-21(29)25-17-11-18(30-2)16(24)10-19(17)31-3/h4,10-12H,1,5-9,13H2,2-3H3,(H,25,29). The van der Waals surface area contributed by atoms with Gasteiger partial charge in [-0.15, -0.1) is 28.1 Å². The molecule has 0 unspecified atom stereocenters. The molecule has 7 nitrogen and oxygen atoms in total. The van der Waals surface area contributed by atoms with E-state index in [9.17, 15) is 4.79 Å². The van der Waals surface area contributed by atoms with Crippen LogP contribution in [0.1, 0.15) is 23.3 Å². The molecule has 0 saturated heterocycles. The second kappa shape index (κ2) is 10.6. The van der Waals surface area contributed by atoms with Crippen LogP contribution in [0.15, 0.2) is 35.3 Å². The molecular formula is C23H25ClN4O3S2. The minimum Gasteiger partial charge on any atom is -0.495 e. The molecule has 0 atom stereocenters. The van der Waals surface area contributed by atoms with Crippen LogP contribution in [0.3, 0.4) is 0 Å². The van der Waals surface area contributed by atoms with Gasteiger partial charge in [-0.3, -0.25) is 9.36 Å². The van der Waals surface area contributed by atoms with Crippen LogP contribution in [0.5, 0.6) is 11.5 Å². The van der Waals surface area contributed by atoms with Crippen molar-refractivity contribution in [3.05, 3.63) is 45.6 Å². The molecule has 33 heavy (non-hydrogen) atoms. The fourth-order valence-corrected chi connectivity index (χ4v) is 5.95. The molecule has 0 radical (unpaired) electrons. The van der Waals surface area contributed by atoms with Gasteiger partial charge in [-0.25, -0.2) is 0 Å². The number of nitrogens with zero attached hydrogens (tertiary/aromatic N) is 3. The number of fused-ring (bicyclic) bond motifs is 1. The Kier molecular flexibility index (Phi) is 7.62. The molecule has 3 aromatic rings. The largest absolute Gasteiger partial charge is 0.495 e. The summed E-state index contributed by atoms with van der Waals surface area (Å²) >= 11 is 9.28. The third kappa shape index (κ3) is 5.05. The molecule has 2 aromatic heterocycles. The number of amides is 1. The molecule has 0 saturated carbocycles. The number of aromatic nitrogens is 3. The highest BCUT2D eigenvalue weighted by atomic mass is 35.5. The normalized spacial score (nSPS) is 12.8. The number of allylic oxidation sites excluding steroid dienone is 1. The molecule has 0 aliphatic heterocycles. The van der Waals surface area contributed by atoms with E-state index in [-0.39, 0.29) is 11.7 Å². The van der Waals surface area contributed by atoms with Gasteiger partial charge in [0.15, 0.2) is 11.0 Å². The lowest BCUT2D eigenvalue weighted by Crippen LogP contribution is -2.15. The van der Waals surface area contributed by atoms with E-state index in [0.717, 1.165) is 24.2 Å². The Labute approximate surface area is 206 Å². The van der Waals surface area contributed by atoms with Crippen LogP contribution < -0.4 is 14.8 Å². The predicted molar refractivity (Wildman–Crippen MR) is 134 cm³/mol. The Morgan fingerprint density at radius 1 is 1.27 bits per heavy atom. The lowest BCUT2D eigenvalue weighted by Gasteiger charge is -2.14. The average molecular weight is 505 g/mol. The average Bonchev–Trinajstić information content (AvgIpc) is 3.42. The molecule has 0 spiro atoms. The van der Waals surface area contributed by atoms with Crippen LogP contribution >= 0.6 is 34.7 Å². The molecule has 1 aromatic carbocycles. The number of rotatable bonds is 9. The number of carbonyl (C=O) groups is 1. The molecular weight excluding hydrogens is 480 g/mol. The number of carbonyl (C=O) groups excluding carboxylic acids is 1. The summed E-state index contributed by atoms with van der Waals surface area (Å²) in [4.78, 5) is 14.1. The number of benzene rings is 1. The number of thiophene rings is 1. The number of aryl methyl sites for hydroxylation is 1. The lowest BCUT2D eigenvalue weighted by atomic mass is 9.95. The first kappa shape index (κ1) is 23.7. The molecule has 4 rings (SSSR count). The molecule has 1 aliphatic carbocycles. The Hall–Kier alpha value is -2.49. The number of ether oxygens (including phenoxy) is 2. The monoisotopic (exact) mass is 504 g/mol. The minimum absolute atomic E-state index is 0.158. The van der Waals surface area contributed by atoms with Crippen molar-refractivity contribution in [3.63, 3.8) is 0 Å². The van der Waals surface area contributed by atoms with Crippen molar-refractivity contribution >= 4 is 46.3 Å². The fraction of sp³-hybridized carbons (Fsp3) is 0.348. The summed E-state index contributed by atoms with van der Waals surface area (Å²) in [6.07, 6.45) is 6.48. The first-order valence-corrected chi connectivity index (χ1v) is 12.8. The molecule has 2 heterocycles. The third-order valence-electron chi connectivity index (χ3n) is 5.41. The van der Waals surface area contributed by atoms with Gasteiger partial charge < -0.3 is 14.8 Å². The van der Waals surface area contributed by atoms with Crippen molar-refractivity contribution in [2.24, 2.45) is 0 Å². The van der Waals surface area contributed by atoms with Crippen LogP contribution in [0.25, 0.3) is 11.4 Å². The smallest absolute Gasteiger partial charge is 0.234 e. The fourth-order valence-electron chi connectivity index (χ4n) is 3.84. The number of hydrogen-bond acceptors (Lipinski definition) is 7. The van der Waals surface area contributed by atoms with Crippen molar-refractivity contribution in [1.82, 2.24) is 14.8 Å². The van der Waals surface area contributed by atoms with Crippen LogP contribution in [0, 0.1) is 0 Å². The van der Waals surface area contributed by atoms with Gasteiger partial charge in [-0.2, -0.15) is 0 Å². The Bertz CT molecular complexity index is 1170. The Morgan fingerprint density at radius 2 is 2.06 bits per heavy atom. The van der Waals surface area contributed by atoms with Crippen LogP contribution in [0.2, 0.25) is 5.02 Å². The van der Waals surface area contributed by atoms with Gasteiger partial charge >= 0.3 is 0 Å². The summed E-state index contributed by atoms with van der Waals surface area (Å²) in [6, 6.07) is 3.25. The Balaban J connectivity index is 1.51. The molecule has 174 valence electrons. The highest BCUT2D eigenvalue weighted by molar-refractivity contribution is 7.99. The molecule has 1 N–H and O–H groups in total. The zero-order valence-corrected chi connectivity index (χ0v) is 20.9. The number of nitrogens with one attached hydrogen (secondary N) is 1. The maximum atomic E-state index is 12.7. The summed E-state index contributed by atoms with van der Waals surface area (Å²) in [5.41, 5.74) is 3.03. The zero-order chi connectivity index (χ0) is 23.4. The van der Waals surface area contributed by atoms with E-state index in [1.165, 1.54) is 49.3 Å². The second-order valence-electron chi connectivity index (χ2n) is 7.49. The predicted octanol–water partition coefficient (Wildman–Crippen LogP) is 5.47. The van der Waals surface area contributed by atoms with Crippen molar-refractivity contribution < 1.29 is 14.3 Å². The van der Waals surface area contributed by atoms with Crippen molar-refractivity contribution in [2.75, 3.05) is 25.3 Å². The molecule has 1 amide bonds. The third-order valence-corrected chi connectivity index (χ3v) is 7.76. The maximum Gasteiger partial charge on any atom is 0.234 e. The van der Waals surface area contributed by atoms with E-state index in [4.69, 9.17) is 21.1 Å². The second-order valence-corrected chi connectivity index (χ2v) is 9.80. The molecule has 0 bridgehead atoms. The van der Waals surface area contributed by atoms with Crippen molar-refractivity contribution in [1.29, 1.82) is 0 Å². The van der Waals surface area contributed by atoms with Gasteiger partial charge in [0, 0.05) is 34.5 Å². The zero-order valence-electron chi connectivity index (χ0n) is 18.5. The minimum atomic E-state index is -0.203. The van der Waals surface area contributed by atoms with Gasteiger partial charge in [0.05, 0.1) is 30.7 Å². The van der Waals surface area contributed by atoms with Gasteiger partial charge in [-0.05, 0) is 31.2 Å². The lowest BCUT2D eigenvalue weighted by molar-refractivity contribution is -0.113. The first-order valence-electron chi connectivity index (χ1n) is 10.5. The van der Waals surface area contributed by atoms with Crippen LogP contribution in [-0.4, -0.2) is 40.6 Å². The quantitative estimate of drug-likeness (QED) is 0.307. The van der Waals surface area contributed by atoms with E-state index in [1.54, 1.807) is 23.5 Å². The number of anilines is 1. The molecule has 10 heteroatoms. The number of halogens is 1. The van der Waals surface area contributed by atoms with Gasteiger partial charge in [-0.1, -0.05) is 29.4 Å². The van der Waals surface area contributed by atoms with Crippen molar-refractivity contribution in [3.8, 4) is 22.9 Å². The highest BCUT2D eigenvalue weighted by Gasteiger charge is 2.22. The van der Waals surface area contributed by atoms with Crippen LogP contribution in [-0.2, 0) is 24.2 Å². The van der Waals surface area contributed by atoms with Gasteiger partial charge in [0.1, 0.15) is 11.5 Å². The van der Waals surface area contributed by atoms with Crippen LogP contribution in [0.4, 0.5) is 5.69 Å². The van der Waals surface area contributed by atoms with Crippen molar-refractivity contribution in [2.45, 2.75) is 37.4 Å². The number of thioether (sulfide) groups is 1. The summed E-state index contributed by atoms with van der Waals surface area (Å²) in [7, 11) is 3.04. The maximum absolute atomic E-state index is 12.7. The highest BCUT2D eigenvalue weighted by Crippen LogP contribution is 2.38. The van der Waals surface area contributed by atoms with Gasteiger partial charge in [0.25, 0.3) is 0 Å². The first-order chi connectivity index (χ1) is 16.0. The molecule has 1 aliphatic rings. The summed E-state index contributed by atoms with van der Waals surface area (Å²) in [5, 5.41) is 15.0. The summed E-state index contributed by atoms with van der Waals surface area (Å²) in [5.74, 6) is 1.70. The van der Waals surface area contributed by atoms with E-state index in [0.29, 0.717) is 33.9 Å². The van der Waals surface area contributed by atoms with E-state index >= 15 is 0 Å². The van der Waals surface area contributed by atoms with Gasteiger partial charge in [0.2, 0.25) is 5.91 Å². The summed E-state index contributed by atoms with van der Waals surface area (Å²) in [6.45, 7) is 4.45. The van der Waals surface area contributed by atoms with E-state index in [2.05, 4.69) is 27.5 Å². The number of hydrogen-bond donors (Lipinski definition) is 1. The van der Waals surface area contributed by atoms with E-state index in [1.807, 2.05) is 10.6 Å². The van der Waals surface area contributed by atoms with E-state index < -0.39 is 0 Å². The summed E-state index contributed by atoms with van der Waals surface area (Å²) < 4.78 is 12.6. The SMILES string of the molecule is C=CCn1c(SCC(=O)Nc2cc(OC)c(Cl)cc2OC)nnc1-c1csc2c1CCCC2. The Morgan fingerprint density at radius 3 is 2.82 bits per heavy atom. The molecule has 0 fully saturated rings.